The topological polar surface area (TPSA) is 38.8 Å². The first-order chi connectivity index (χ1) is 9.28. The molecule has 0 radical (unpaired) electrons. The van der Waals surface area contributed by atoms with Crippen molar-refractivity contribution in [3.63, 3.8) is 0 Å². The summed E-state index contributed by atoms with van der Waals surface area (Å²) in [5.41, 5.74) is 1.06. The number of fused-ring (bicyclic) bond motifs is 1. The fourth-order valence-electron chi connectivity index (χ4n) is 2.71. The van der Waals surface area contributed by atoms with Gasteiger partial charge in [-0.1, -0.05) is 18.0 Å². The molecule has 0 amide bonds. The van der Waals surface area contributed by atoms with Gasteiger partial charge in [0.2, 0.25) is 6.79 Å². The molecule has 0 spiro atoms. The van der Waals surface area contributed by atoms with E-state index in [1.54, 1.807) is 0 Å². The summed E-state index contributed by atoms with van der Waals surface area (Å²) in [6, 6.07) is 3.87. The number of hydrogen-bond acceptors (Lipinski definition) is 4. The van der Waals surface area contributed by atoms with Crippen LogP contribution in [0.4, 0.5) is 0 Å². The maximum Gasteiger partial charge on any atom is 0.231 e. The first kappa shape index (κ1) is 12.8. The molecule has 19 heavy (non-hydrogen) atoms. The Labute approximate surface area is 117 Å². The lowest BCUT2D eigenvalue weighted by Gasteiger charge is -2.32. The van der Waals surface area contributed by atoms with Gasteiger partial charge in [-0.3, -0.25) is 4.90 Å². The number of nitrogens with zero attached hydrogens (tertiary/aromatic N) is 1. The first-order valence-corrected chi connectivity index (χ1v) is 6.93. The number of carbonyl (C=O) groups is 1. The lowest BCUT2D eigenvalue weighted by atomic mass is 10.0. The van der Waals surface area contributed by atoms with Crippen LogP contribution in [0.3, 0.4) is 0 Å². The summed E-state index contributed by atoms with van der Waals surface area (Å²) in [4.78, 5) is 13.3. The predicted octanol–water partition coefficient (Wildman–Crippen LogP) is 2.62. The fraction of sp³-hybridized carbons (Fsp3) is 0.500. The molecule has 2 aliphatic rings. The summed E-state index contributed by atoms with van der Waals surface area (Å²) < 4.78 is 10.7. The van der Waals surface area contributed by atoms with Crippen LogP contribution in [0.15, 0.2) is 12.1 Å². The van der Waals surface area contributed by atoms with Crippen molar-refractivity contribution in [3.05, 3.63) is 22.7 Å². The second-order valence-corrected chi connectivity index (χ2v) is 5.39. The van der Waals surface area contributed by atoms with Gasteiger partial charge in [0.15, 0.2) is 11.5 Å². The number of piperidine rings is 1. The average Bonchev–Trinajstić information content (AvgIpc) is 2.88. The molecule has 1 unspecified atom stereocenters. The van der Waals surface area contributed by atoms with Crippen LogP contribution < -0.4 is 9.47 Å². The van der Waals surface area contributed by atoms with Crippen LogP contribution >= 0.6 is 11.6 Å². The van der Waals surface area contributed by atoms with Crippen molar-refractivity contribution in [3.8, 4) is 11.5 Å². The highest BCUT2D eigenvalue weighted by molar-refractivity contribution is 6.32. The van der Waals surface area contributed by atoms with E-state index in [0.29, 0.717) is 16.5 Å². The van der Waals surface area contributed by atoms with Crippen LogP contribution in [-0.2, 0) is 11.3 Å². The third kappa shape index (κ3) is 2.55. The number of rotatable bonds is 3. The number of aldehydes is 1. The molecule has 0 bridgehead atoms. The van der Waals surface area contributed by atoms with E-state index < -0.39 is 0 Å². The van der Waals surface area contributed by atoms with E-state index in [1.807, 2.05) is 12.1 Å². The van der Waals surface area contributed by atoms with Gasteiger partial charge in [-0.2, -0.15) is 0 Å². The molecule has 1 saturated heterocycles. The summed E-state index contributed by atoms with van der Waals surface area (Å²) in [6.07, 6.45) is 4.26. The van der Waals surface area contributed by atoms with Crippen molar-refractivity contribution in [2.75, 3.05) is 13.3 Å². The van der Waals surface area contributed by atoms with E-state index >= 15 is 0 Å². The van der Waals surface area contributed by atoms with Gasteiger partial charge in [-0.25, -0.2) is 0 Å². The van der Waals surface area contributed by atoms with Gasteiger partial charge in [-0.05, 0) is 37.1 Å². The molecule has 1 fully saturated rings. The second-order valence-electron chi connectivity index (χ2n) is 4.98. The van der Waals surface area contributed by atoms with Crippen LogP contribution in [0.2, 0.25) is 5.02 Å². The Hall–Kier alpha value is -1.26. The third-order valence-corrected chi connectivity index (χ3v) is 3.97. The monoisotopic (exact) mass is 281 g/mol. The summed E-state index contributed by atoms with van der Waals surface area (Å²) in [5, 5.41) is 0.574. The quantitative estimate of drug-likeness (QED) is 0.799. The molecule has 1 aromatic carbocycles. The maximum absolute atomic E-state index is 11.1. The van der Waals surface area contributed by atoms with E-state index in [-0.39, 0.29) is 12.8 Å². The van der Waals surface area contributed by atoms with Gasteiger partial charge in [0.05, 0.1) is 11.1 Å². The third-order valence-electron chi connectivity index (χ3n) is 3.69. The second kappa shape index (κ2) is 5.39. The number of likely N-dealkylation sites (tertiary alicyclic amines) is 1. The molecule has 0 N–H and O–H groups in total. The van der Waals surface area contributed by atoms with Crippen molar-refractivity contribution >= 4 is 17.9 Å². The van der Waals surface area contributed by atoms with Gasteiger partial charge in [0.1, 0.15) is 6.29 Å². The van der Waals surface area contributed by atoms with E-state index in [1.165, 1.54) is 0 Å². The molecule has 3 rings (SSSR count). The average molecular weight is 282 g/mol. The molecular weight excluding hydrogens is 266 g/mol. The normalized spacial score (nSPS) is 22.5. The molecule has 5 heteroatoms. The Balaban J connectivity index is 1.79. The SMILES string of the molecule is O=CC1CCCCN1Cc1cc(Cl)c2c(c1)OCO2. The maximum atomic E-state index is 11.1. The van der Waals surface area contributed by atoms with Crippen LogP contribution in [0.1, 0.15) is 24.8 Å². The van der Waals surface area contributed by atoms with Crippen molar-refractivity contribution in [2.45, 2.75) is 31.8 Å². The van der Waals surface area contributed by atoms with E-state index in [9.17, 15) is 4.79 Å². The number of hydrogen-bond donors (Lipinski definition) is 0. The highest BCUT2D eigenvalue weighted by Crippen LogP contribution is 2.40. The number of benzene rings is 1. The number of ether oxygens (including phenoxy) is 2. The van der Waals surface area contributed by atoms with Gasteiger partial charge in [0.25, 0.3) is 0 Å². The zero-order valence-electron chi connectivity index (χ0n) is 10.6. The number of halogens is 1. The minimum atomic E-state index is 0.0259. The van der Waals surface area contributed by atoms with Crippen LogP contribution in [0.25, 0.3) is 0 Å². The molecule has 102 valence electrons. The Morgan fingerprint density at radius 1 is 1.37 bits per heavy atom. The molecule has 0 aromatic heterocycles. The lowest BCUT2D eigenvalue weighted by Crippen LogP contribution is -2.39. The highest BCUT2D eigenvalue weighted by Gasteiger charge is 2.24. The highest BCUT2D eigenvalue weighted by atomic mass is 35.5. The Kier molecular flexibility index (Phi) is 3.62. The molecular formula is C14H16ClNO3. The van der Waals surface area contributed by atoms with E-state index in [4.69, 9.17) is 21.1 Å². The van der Waals surface area contributed by atoms with Gasteiger partial charge in [-0.15, -0.1) is 0 Å². The molecule has 0 aliphatic carbocycles. The van der Waals surface area contributed by atoms with Crippen molar-refractivity contribution < 1.29 is 14.3 Å². The predicted molar refractivity (Wildman–Crippen MR) is 71.7 cm³/mol. The summed E-state index contributed by atoms with van der Waals surface area (Å²) >= 11 is 6.17. The largest absolute Gasteiger partial charge is 0.454 e. The fourth-order valence-corrected chi connectivity index (χ4v) is 3.00. The summed E-state index contributed by atoms with van der Waals surface area (Å²) in [7, 11) is 0. The smallest absolute Gasteiger partial charge is 0.231 e. The lowest BCUT2D eigenvalue weighted by molar-refractivity contribution is -0.113. The Morgan fingerprint density at radius 2 is 2.26 bits per heavy atom. The molecule has 2 aliphatic heterocycles. The molecule has 0 saturated carbocycles. The zero-order chi connectivity index (χ0) is 13.2. The van der Waals surface area contributed by atoms with Crippen molar-refractivity contribution in [1.82, 2.24) is 4.90 Å². The zero-order valence-corrected chi connectivity index (χ0v) is 11.4. The van der Waals surface area contributed by atoms with Crippen molar-refractivity contribution in [1.29, 1.82) is 0 Å². The summed E-state index contributed by atoms with van der Waals surface area (Å²) in [6.45, 7) is 1.90. The van der Waals surface area contributed by atoms with Crippen molar-refractivity contribution in [2.24, 2.45) is 0 Å². The van der Waals surface area contributed by atoms with E-state index in [0.717, 1.165) is 44.2 Å². The molecule has 2 heterocycles. The molecule has 1 aromatic rings. The number of carbonyl (C=O) groups excluding carboxylic acids is 1. The first-order valence-electron chi connectivity index (χ1n) is 6.55. The Morgan fingerprint density at radius 3 is 3.11 bits per heavy atom. The summed E-state index contributed by atoms with van der Waals surface area (Å²) in [5.74, 6) is 1.32. The van der Waals surface area contributed by atoms with Crippen LogP contribution in [0, 0.1) is 0 Å². The minimum Gasteiger partial charge on any atom is -0.454 e. The Bertz CT molecular complexity index is 492. The van der Waals surface area contributed by atoms with Crippen LogP contribution in [0.5, 0.6) is 11.5 Å². The minimum absolute atomic E-state index is 0.0259. The molecule has 4 nitrogen and oxygen atoms in total. The van der Waals surface area contributed by atoms with Gasteiger partial charge >= 0.3 is 0 Å². The van der Waals surface area contributed by atoms with Gasteiger partial charge < -0.3 is 14.3 Å². The van der Waals surface area contributed by atoms with Crippen LogP contribution in [-0.4, -0.2) is 30.6 Å². The molecule has 1 atom stereocenters. The van der Waals surface area contributed by atoms with E-state index in [2.05, 4.69) is 4.90 Å². The standard InChI is InChI=1S/C14H16ClNO3/c15-12-5-10(6-13-14(12)19-9-18-13)7-16-4-2-1-3-11(16)8-17/h5-6,8,11H,1-4,7,9H2. The van der Waals surface area contributed by atoms with Gasteiger partial charge in [0, 0.05) is 6.54 Å².